The van der Waals surface area contributed by atoms with Crippen molar-refractivity contribution in [1.29, 1.82) is 0 Å². The minimum atomic E-state index is 0.0177. The highest BCUT2D eigenvalue weighted by molar-refractivity contribution is 6.30. The van der Waals surface area contributed by atoms with Gasteiger partial charge in [-0.25, -0.2) is 0 Å². The van der Waals surface area contributed by atoms with E-state index in [2.05, 4.69) is 21.9 Å². The van der Waals surface area contributed by atoms with Gasteiger partial charge in [0.15, 0.2) is 0 Å². The zero-order valence-electron chi connectivity index (χ0n) is 15.5. The molecule has 5 aliphatic rings. The van der Waals surface area contributed by atoms with Crippen LogP contribution in [0.4, 0.5) is 0 Å². The van der Waals surface area contributed by atoms with E-state index in [1.165, 1.54) is 44.1 Å². The van der Waals surface area contributed by atoms with Crippen molar-refractivity contribution in [2.45, 2.75) is 45.1 Å². The van der Waals surface area contributed by atoms with Gasteiger partial charge in [0.1, 0.15) is 0 Å². The van der Waals surface area contributed by atoms with Crippen molar-refractivity contribution in [3.8, 4) is 0 Å². The maximum atomic E-state index is 13.5. The van der Waals surface area contributed by atoms with E-state index < -0.39 is 0 Å². The van der Waals surface area contributed by atoms with Crippen LogP contribution in [0.5, 0.6) is 0 Å². The zero-order valence-corrected chi connectivity index (χ0v) is 16.3. The van der Waals surface area contributed by atoms with E-state index in [4.69, 9.17) is 11.6 Å². The lowest BCUT2D eigenvalue weighted by Crippen LogP contribution is -2.58. The van der Waals surface area contributed by atoms with Crippen molar-refractivity contribution >= 4 is 17.5 Å². The molecule has 1 amide bonds. The number of hydrogen-bond donors (Lipinski definition) is 0. The zero-order chi connectivity index (χ0) is 17.7. The number of carbonyl (C=O) groups excluding carboxylic acids is 1. The largest absolute Gasteiger partial charge is 0.340 e. The van der Waals surface area contributed by atoms with Crippen LogP contribution in [-0.2, 0) is 11.3 Å². The topological polar surface area (TPSA) is 23.6 Å². The Kier molecular flexibility index (Phi) is 4.28. The van der Waals surface area contributed by atoms with Gasteiger partial charge >= 0.3 is 0 Å². The molecule has 4 heteroatoms. The number of nitrogens with zero attached hydrogens (tertiary/aromatic N) is 2. The second kappa shape index (κ2) is 6.53. The number of amides is 1. The van der Waals surface area contributed by atoms with Crippen LogP contribution in [0.3, 0.4) is 0 Å². The number of hydrogen-bond acceptors (Lipinski definition) is 2. The molecule has 6 rings (SSSR count). The molecule has 0 radical (unpaired) electrons. The van der Waals surface area contributed by atoms with Gasteiger partial charge in [-0.05, 0) is 74.0 Å². The Bertz CT molecular complexity index is 660. The highest BCUT2D eigenvalue weighted by Crippen LogP contribution is 2.60. The fraction of sp³-hybridized carbons (Fsp3) is 0.682. The minimum Gasteiger partial charge on any atom is -0.340 e. The van der Waals surface area contributed by atoms with E-state index in [9.17, 15) is 4.79 Å². The minimum absolute atomic E-state index is 0.0177. The molecule has 1 aromatic carbocycles. The molecule has 26 heavy (non-hydrogen) atoms. The lowest BCUT2D eigenvalue weighted by molar-refractivity contribution is -0.159. The smallest absolute Gasteiger partial charge is 0.228 e. The normalized spacial score (nSPS) is 36.5. The quantitative estimate of drug-likeness (QED) is 0.793. The summed E-state index contributed by atoms with van der Waals surface area (Å²) in [5.74, 6) is 3.02. The maximum Gasteiger partial charge on any atom is 0.228 e. The number of rotatable bonds is 3. The molecule has 0 atom stereocenters. The van der Waals surface area contributed by atoms with Crippen molar-refractivity contribution in [2.24, 2.45) is 23.2 Å². The third kappa shape index (κ3) is 3.07. The first-order valence-corrected chi connectivity index (χ1v) is 10.7. The van der Waals surface area contributed by atoms with Gasteiger partial charge in [-0.1, -0.05) is 23.7 Å². The van der Waals surface area contributed by atoms with E-state index in [1.54, 1.807) is 0 Å². The standard InChI is InChI=1S/C22H29ClN2O/c23-20-3-1-2-16(11-20)15-24-4-6-25(7-5-24)21(26)22-12-17-8-18(13-22)10-19(9-17)14-22/h1-3,11,17-19H,4-10,12-15H2. The molecule has 3 nitrogen and oxygen atoms in total. The summed E-state index contributed by atoms with van der Waals surface area (Å²) < 4.78 is 0. The summed E-state index contributed by atoms with van der Waals surface area (Å²) in [6.45, 7) is 4.66. The van der Waals surface area contributed by atoms with E-state index >= 15 is 0 Å². The van der Waals surface area contributed by atoms with Crippen LogP contribution in [0.25, 0.3) is 0 Å². The van der Waals surface area contributed by atoms with Crippen molar-refractivity contribution in [1.82, 2.24) is 9.80 Å². The predicted octanol–water partition coefficient (Wildman–Crippen LogP) is 4.20. The molecule has 1 aromatic rings. The van der Waals surface area contributed by atoms with Gasteiger partial charge in [0, 0.05) is 37.7 Å². The van der Waals surface area contributed by atoms with E-state index in [1.807, 2.05) is 12.1 Å². The van der Waals surface area contributed by atoms with Gasteiger partial charge in [-0.2, -0.15) is 0 Å². The molecule has 1 heterocycles. The summed E-state index contributed by atoms with van der Waals surface area (Å²) >= 11 is 6.11. The van der Waals surface area contributed by atoms with E-state index in [0.29, 0.717) is 5.91 Å². The molecular weight excluding hydrogens is 344 g/mol. The molecule has 0 spiro atoms. The average Bonchev–Trinajstić information content (AvgIpc) is 2.61. The van der Waals surface area contributed by atoms with Crippen molar-refractivity contribution in [3.05, 3.63) is 34.9 Å². The third-order valence-electron chi connectivity index (χ3n) is 7.45. The van der Waals surface area contributed by atoms with Gasteiger partial charge in [-0.3, -0.25) is 9.69 Å². The van der Waals surface area contributed by atoms with Crippen molar-refractivity contribution in [2.75, 3.05) is 26.2 Å². The van der Waals surface area contributed by atoms with Gasteiger partial charge in [0.25, 0.3) is 0 Å². The summed E-state index contributed by atoms with van der Waals surface area (Å²) in [5, 5.41) is 0.804. The summed E-state index contributed by atoms with van der Waals surface area (Å²) in [6, 6.07) is 8.13. The highest BCUT2D eigenvalue weighted by Gasteiger charge is 2.55. The average molecular weight is 373 g/mol. The molecule has 5 fully saturated rings. The molecule has 1 saturated heterocycles. The van der Waals surface area contributed by atoms with Crippen LogP contribution in [0, 0.1) is 23.2 Å². The summed E-state index contributed by atoms with van der Waals surface area (Å²) in [5.41, 5.74) is 1.28. The van der Waals surface area contributed by atoms with Crippen molar-refractivity contribution < 1.29 is 4.79 Å². The highest BCUT2D eigenvalue weighted by atomic mass is 35.5. The summed E-state index contributed by atoms with van der Waals surface area (Å²) in [7, 11) is 0. The molecule has 1 aliphatic heterocycles. The second-order valence-electron chi connectivity index (χ2n) is 9.40. The Morgan fingerprint density at radius 1 is 1.00 bits per heavy atom. The van der Waals surface area contributed by atoms with Crippen LogP contribution in [0.2, 0.25) is 5.02 Å². The van der Waals surface area contributed by atoms with Crippen LogP contribution >= 0.6 is 11.6 Å². The third-order valence-corrected chi connectivity index (χ3v) is 7.68. The summed E-state index contributed by atoms with van der Waals surface area (Å²) in [4.78, 5) is 18.1. The number of carbonyl (C=O) groups is 1. The molecule has 4 saturated carbocycles. The molecule has 4 bridgehead atoms. The van der Waals surface area contributed by atoms with Crippen LogP contribution in [0.15, 0.2) is 24.3 Å². The first-order chi connectivity index (χ1) is 12.6. The lowest BCUT2D eigenvalue weighted by atomic mass is 9.49. The SMILES string of the molecule is O=C(N1CCN(Cc2cccc(Cl)c2)CC1)C12CC3CC(CC(C3)C1)C2. The predicted molar refractivity (Wildman–Crippen MR) is 104 cm³/mol. The van der Waals surface area contributed by atoms with E-state index in [-0.39, 0.29) is 5.41 Å². The molecule has 0 N–H and O–H groups in total. The molecule has 4 aliphatic carbocycles. The monoisotopic (exact) mass is 372 g/mol. The summed E-state index contributed by atoms with van der Waals surface area (Å²) in [6.07, 6.45) is 7.75. The Balaban J connectivity index is 1.21. The number of halogens is 1. The fourth-order valence-corrected chi connectivity index (χ4v) is 6.92. The number of benzene rings is 1. The van der Waals surface area contributed by atoms with Gasteiger partial charge < -0.3 is 4.90 Å². The van der Waals surface area contributed by atoms with Gasteiger partial charge in [-0.15, -0.1) is 0 Å². The van der Waals surface area contributed by atoms with Crippen LogP contribution < -0.4 is 0 Å². The lowest BCUT2D eigenvalue weighted by Gasteiger charge is -2.57. The Hall–Kier alpha value is -1.06. The first-order valence-electron chi connectivity index (χ1n) is 10.4. The Labute approximate surface area is 161 Å². The van der Waals surface area contributed by atoms with E-state index in [0.717, 1.165) is 55.5 Å². The maximum absolute atomic E-state index is 13.5. The molecule has 0 aromatic heterocycles. The second-order valence-corrected chi connectivity index (χ2v) is 9.83. The number of piperazine rings is 1. The Morgan fingerprint density at radius 2 is 1.62 bits per heavy atom. The molecule has 0 unspecified atom stereocenters. The van der Waals surface area contributed by atoms with Crippen LogP contribution in [-0.4, -0.2) is 41.9 Å². The molecular formula is C22H29ClN2O. The van der Waals surface area contributed by atoms with Crippen molar-refractivity contribution in [3.63, 3.8) is 0 Å². The molecule has 140 valence electrons. The first kappa shape index (κ1) is 17.1. The van der Waals surface area contributed by atoms with Gasteiger partial charge in [0.05, 0.1) is 5.41 Å². The van der Waals surface area contributed by atoms with Crippen LogP contribution in [0.1, 0.15) is 44.1 Å². The Morgan fingerprint density at radius 3 is 2.19 bits per heavy atom. The van der Waals surface area contributed by atoms with Gasteiger partial charge in [0.2, 0.25) is 5.91 Å². The fourth-order valence-electron chi connectivity index (χ4n) is 6.71.